The van der Waals surface area contributed by atoms with Gasteiger partial charge in [0.2, 0.25) is 11.8 Å². The molecule has 1 aromatic rings. The Bertz CT molecular complexity index is 760. The second kappa shape index (κ2) is 13.5. The molecular formula is C19H28N4O7S. The van der Waals surface area contributed by atoms with Gasteiger partial charge < -0.3 is 31.7 Å². The molecule has 1 unspecified atom stereocenters. The van der Waals surface area contributed by atoms with Crippen LogP contribution in [0.5, 0.6) is 5.75 Å². The molecule has 0 radical (unpaired) electrons. The molecule has 0 saturated carbocycles. The molecule has 8 N–H and O–H groups in total. The Hall–Kier alpha value is -2.83. The van der Waals surface area contributed by atoms with E-state index in [1.807, 2.05) is 6.92 Å². The quantitative estimate of drug-likeness (QED) is 0.179. The topological polar surface area (TPSA) is 191 Å². The SMILES string of the molecule is CC(Cc1ccc(O)cc1)NSC[C@H](NC(=O)CC[C@H](N)C(=O)O)C(=O)NCC(=O)O. The number of nitrogens with one attached hydrogen (secondary N) is 3. The van der Waals surface area contributed by atoms with Crippen molar-refractivity contribution in [2.24, 2.45) is 5.73 Å². The summed E-state index contributed by atoms with van der Waals surface area (Å²) in [5.74, 6) is -3.40. The lowest BCUT2D eigenvalue weighted by Crippen LogP contribution is -2.50. The van der Waals surface area contributed by atoms with E-state index in [4.69, 9.17) is 15.9 Å². The maximum Gasteiger partial charge on any atom is 0.322 e. The van der Waals surface area contributed by atoms with E-state index in [9.17, 15) is 24.3 Å². The van der Waals surface area contributed by atoms with Gasteiger partial charge in [-0.15, -0.1) is 0 Å². The highest BCUT2D eigenvalue weighted by Gasteiger charge is 2.22. The number of carbonyl (C=O) groups is 4. The van der Waals surface area contributed by atoms with E-state index >= 15 is 0 Å². The van der Waals surface area contributed by atoms with Crippen LogP contribution < -0.4 is 21.1 Å². The molecule has 12 heteroatoms. The summed E-state index contributed by atoms with van der Waals surface area (Å²) in [4.78, 5) is 45.8. The van der Waals surface area contributed by atoms with Gasteiger partial charge in [-0.25, -0.2) is 0 Å². The highest BCUT2D eigenvalue weighted by molar-refractivity contribution is 7.97. The third kappa shape index (κ3) is 11.2. The van der Waals surface area contributed by atoms with Crippen LogP contribution in [0.3, 0.4) is 0 Å². The van der Waals surface area contributed by atoms with Crippen LogP contribution >= 0.6 is 11.9 Å². The van der Waals surface area contributed by atoms with Crippen molar-refractivity contribution in [1.29, 1.82) is 0 Å². The summed E-state index contributed by atoms with van der Waals surface area (Å²) in [7, 11) is 0. The first-order chi connectivity index (χ1) is 14.6. The van der Waals surface area contributed by atoms with Gasteiger partial charge in [-0.1, -0.05) is 24.1 Å². The summed E-state index contributed by atoms with van der Waals surface area (Å²) in [5.41, 5.74) is 6.37. The van der Waals surface area contributed by atoms with Crippen LogP contribution in [0.2, 0.25) is 0 Å². The van der Waals surface area contributed by atoms with Crippen molar-refractivity contribution >= 4 is 35.7 Å². The molecule has 172 valence electrons. The van der Waals surface area contributed by atoms with Gasteiger partial charge >= 0.3 is 11.9 Å². The predicted octanol–water partition coefficient (Wildman–Crippen LogP) is -0.561. The predicted molar refractivity (Wildman–Crippen MR) is 114 cm³/mol. The fraction of sp³-hybridized carbons (Fsp3) is 0.474. The van der Waals surface area contributed by atoms with Crippen molar-refractivity contribution in [2.75, 3.05) is 12.3 Å². The van der Waals surface area contributed by atoms with E-state index in [0.717, 1.165) is 5.56 Å². The molecule has 11 nitrogen and oxygen atoms in total. The molecule has 3 atom stereocenters. The highest BCUT2D eigenvalue weighted by Crippen LogP contribution is 2.12. The number of carboxylic acid groups (broad SMARTS) is 2. The normalized spacial score (nSPS) is 13.6. The van der Waals surface area contributed by atoms with Crippen molar-refractivity contribution in [1.82, 2.24) is 15.4 Å². The fourth-order valence-electron chi connectivity index (χ4n) is 2.45. The lowest BCUT2D eigenvalue weighted by molar-refractivity contribution is -0.139. The summed E-state index contributed by atoms with van der Waals surface area (Å²) >= 11 is 1.18. The lowest BCUT2D eigenvalue weighted by atomic mass is 10.1. The maximum absolute atomic E-state index is 12.3. The minimum Gasteiger partial charge on any atom is -0.508 e. The van der Waals surface area contributed by atoms with Gasteiger partial charge in [0.25, 0.3) is 0 Å². The van der Waals surface area contributed by atoms with Crippen molar-refractivity contribution < 1.29 is 34.5 Å². The van der Waals surface area contributed by atoms with Gasteiger partial charge in [0, 0.05) is 18.2 Å². The number of phenols is 1. The Balaban J connectivity index is 2.57. The van der Waals surface area contributed by atoms with Crippen LogP contribution in [0, 0.1) is 0 Å². The molecule has 0 aromatic heterocycles. The van der Waals surface area contributed by atoms with Crippen LogP contribution in [0.15, 0.2) is 24.3 Å². The molecule has 1 aromatic carbocycles. The average Bonchev–Trinajstić information content (AvgIpc) is 2.71. The first-order valence-corrected chi connectivity index (χ1v) is 10.5. The number of benzene rings is 1. The third-order valence-electron chi connectivity index (χ3n) is 4.08. The molecule has 0 aliphatic carbocycles. The number of carboxylic acids is 2. The number of nitrogens with two attached hydrogens (primary N) is 1. The van der Waals surface area contributed by atoms with Crippen molar-refractivity contribution in [3.63, 3.8) is 0 Å². The van der Waals surface area contributed by atoms with Crippen LogP contribution in [0.1, 0.15) is 25.3 Å². The summed E-state index contributed by atoms with van der Waals surface area (Å²) in [5, 5.41) is 31.5. The Kier molecular flexibility index (Phi) is 11.4. The number of amides is 2. The smallest absolute Gasteiger partial charge is 0.322 e. The van der Waals surface area contributed by atoms with Crippen molar-refractivity contribution in [2.45, 2.75) is 44.3 Å². The van der Waals surface area contributed by atoms with Crippen LogP contribution in [-0.2, 0) is 25.6 Å². The molecular weight excluding hydrogens is 428 g/mol. The van der Waals surface area contributed by atoms with Gasteiger partial charge in [0.15, 0.2) is 0 Å². The van der Waals surface area contributed by atoms with Gasteiger partial charge in [-0.3, -0.25) is 23.9 Å². The third-order valence-corrected chi connectivity index (χ3v) is 5.15. The summed E-state index contributed by atoms with van der Waals surface area (Å²) in [6.45, 7) is 1.33. The standard InChI is InChI=1S/C19H28N4O7S/c1-11(8-12-2-4-13(24)5-3-12)23-31-10-15(18(28)21-9-17(26)27)22-16(25)7-6-14(20)19(29)30/h2-5,11,14-15,23-24H,6-10,20H2,1H3,(H,21,28)(H,22,25)(H,26,27)(H,29,30)/t11?,14-,15-/m0/s1. The molecule has 2 amide bonds. The van der Waals surface area contributed by atoms with Gasteiger partial charge in [0.05, 0.1) is 0 Å². The molecule has 0 spiro atoms. The number of rotatable bonds is 14. The number of phenolic OH excluding ortho intramolecular Hbond substituents is 1. The summed E-state index contributed by atoms with van der Waals surface area (Å²) in [6, 6.07) is 4.55. The minimum atomic E-state index is -1.23. The Morgan fingerprint density at radius 2 is 1.77 bits per heavy atom. The van der Waals surface area contributed by atoms with E-state index in [2.05, 4.69) is 15.4 Å². The van der Waals surface area contributed by atoms with Gasteiger partial charge in [-0.2, -0.15) is 0 Å². The molecule has 0 aliphatic rings. The Morgan fingerprint density at radius 3 is 2.35 bits per heavy atom. The average molecular weight is 457 g/mol. The molecule has 1 rings (SSSR count). The first kappa shape index (κ1) is 26.2. The molecule has 31 heavy (non-hydrogen) atoms. The zero-order valence-electron chi connectivity index (χ0n) is 17.0. The second-order valence-electron chi connectivity index (χ2n) is 6.92. The zero-order valence-corrected chi connectivity index (χ0v) is 17.9. The zero-order chi connectivity index (χ0) is 23.4. The maximum atomic E-state index is 12.3. The number of hydrogen-bond acceptors (Lipinski definition) is 8. The van der Waals surface area contributed by atoms with E-state index in [0.29, 0.717) is 6.42 Å². The highest BCUT2D eigenvalue weighted by atomic mass is 32.2. The van der Waals surface area contributed by atoms with Crippen LogP contribution in [-0.4, -0.2) is 69.5 Å². The summed E-state index contributed by atoms with van der Waals surface area (Å²) in [6.07, 6.45) is 0.369. The van der Waals surface area contributed by atoms with E-state index in [1.54, 1.807) is 24.3 Å². The first-order valence-electron chi connectivity index (χ1n) is 9.51. The Labute approximate surface area is 183 Å². The van der Waals surface area contributed by atoms with E-state index < -0.39 is 42.4 Å². The van der Waals surface area contributed by atoms with Crippen molar-refractivity contribution in [3.8, 4) is 5.75 Å². The Morgan fingerprint density at radius 1 is 1.13 bits per heavy atom. The summed E-state index contributed by atoms with van der Waals surface area (Å²) < 4.78 is 3.14. The van der Waals surface area contributed by atoms with E-state index in [-0.39, 0.29) is 30.4 Å². The van der Waals surface area contributed by atoms with Gasteiger partial charge in [-0.05, 0) is 37.5 Å². The van der Waals surface area contributed by atoms with Crippen LogP contribution in [0.25, 0.3) is 0 Å². The molecule has 0 saturated heterocycles. The molecule has 0 bridgehead atoms. The number of hydrogen-bond donors (Lipinski definition) is 7. The molecule has 0 fully saturated rings. The second-order valence-corrected chi connectivity index (χ2v) is 7.77. The fourth-order valence-corrected chi connectivity index (χ4v) is 3.31. The van der Waals surface area contributed by atoms with E-state index in [1.165, 1.54) is 11.9 Å². The lowest BCUT2D eigenvalue weighted by Gasteiger charge is -2.20. The number of aliphatic carboxylic acids is 2. The molecule has 0 aliphatic heterocycles. The minimum absolute atomic E-state index is 0.00143. The van der Waals surface area contributed by atoms with Gasteiger partial charge in [0.1, 0.15) is 24.4 Å². The monoisotopic (exact) mass is 456 g/mol. The molecule has 0 heterocycles. The number of carbonyl (C=O) groups excluding carboxylic acids is 2. The van der Waals surface area contributed by atoms with Crippen LogP contribution in [0.4, 0.5) is 0 Å². The van der Waals surface area contributed by atoms with Crippen molar-refractivity contribution in [3.05, 3.63) is 29.8 Å². The largest absolute Gasteiger partial charge is 0.508 e. The number of aromatic hydroxyl groups is 1.